The van der Waals surface area contributed by atoms with Crippen LogP contribution in [0.2, 0.25) is 0 Å². The van der Waals surface area contributed by atoms with Gasteiger partial charge in [-0.25, -0.2) is 14.4 Å². The van der Waals surface area contributed by atoms with Crippen LogP contribution in [0.5, 0.6) is 0 Å². The van der Waals surface area contributed by atoms with Gasteiger partial charge in [0.25, 0.3) is 0 Å². The first-order valence-electron chi connectivity index (χ1n) is 10.3. The normalized spacial score (nSPS) is 20.0. The molecule has 2 aliphatic heterocycles. The Hall–Kier alpha value is -3.45. The maximum atomic E-state index is 14.0. The van der Waals surface area contributed by atoms with E-state index in [9.17, 15) is 9.18 Å². The van der Waals surface area contributed by atoms with E-state index in [0.29, 0.717) is 29.3 Å². The van der Waals surface area contributed by atoms with E-state index in [1.54, 1.807) is 24.4 Å². The van der Waals surface area contributed by atoms with Crippen molar-refractivity contribution in [2.45, 2.75) is 19.9 Å². The number of benzene rings is 1. The molecule has 0 aliphatic carbocycles. The number of rotatable bonds is 4. The summed E-state index contributed by atoms with van der Waals surface area (Å²) in [6.45, 7) is 5.32. The maximum Gasteiger partial charge on any atom is 0.229 e. The first-order valence-corrected chi connectivity index (χ1v) is 10.3. The Morgan fingerprint density at radius 3 is 2.68 bits per heavy atom. The number of nitrogens with one attached hydrogen (secondary N) is 1. The summed E-state index contributed by atoms with van der Waals surface area (Å²) in [5.74, 6) is 0.379. The summed E-state index contributed by atoms with van der Waals surface area (Å²) < 4.78 is 14.0. The third-order valence-corrected chi connectivity index (χ3v) is 5.77. The number of aryl methyl sites for hydroxylation is 2. The van der Waals surface area contributed by atoms with Crippen molar-refractivity contribution in [3.63, 3.8) is 0 Å². The van der Waals surface area contributed by atoms with Crippen LogP contribution in [0.15, 0.2) is 60.4 Å². The fraction of sp³-hybridized carbons (Fsp3) is 0.250. The second kappa shape index (κ2) is 7.67. The summed E-state index contributed by atoms with van der Waals surface area (Å²) in [6.07, 6.45) is 3.63. The van der Waals surface area contributed by atoms with Gasteiger partial charge in [-0.05, 0) is 55.8 Å². The zero-order valence-corrected chi connectivity index (χ0v) is 17.3. The molecule has 0 amide bonds. The topological polar surface area (TPSA) is 71.0 Å². The van der Waals surface area contributed by atoms with Crippen LogP contribution in [-0.4, -0.2) is 39.9 Å². The molecule has 7 heteroatoms. The minimum Gasteiger partial charge on any atom is -0.316 e. The number of aromatic nitrogens is 3. The molecule has 1 fully saturated rings. The van der Waals surface area contributed by atoms with Gasteiger partial charge in [0.15, 0.2) is 5.78 Å². The lowest BCUT2D eigenvalue weighted by molar-refractivity contribution is 0.0966. The van der Waals surface area contributed by atoms with Crippen molar-refractivity contribution in [2.24, 2.45) is 5.92 Å². The molecule has 31 heavy (non-hydrogen) atoms. The Bertz CT molecular complexity index is 1170. The van der Waals surface area contributed by atoms with Gasteiger partial charge >= 0.3 is 0 Å². The summed E-state index contributed by atoms with van der Waals surface area (Å²) in [6, 6.07) is 11.1. The molecule has 2 unspecified atom stereocenters. The molecule has 2 aliphatic rings. The minimum atomic E-state index is -0.464. The van der Waals surface area contributed by atoms with E-state index < -0.39 is 11.9 Å². The number of Topliss-reactive ketones (excluding diaryl/α,β-unsaturated/α-hetero) is 1. The fourth-order valence-corrected chi connectivity index (χ4v) is 4.39. The minimum absolute atomic E-state index is 0.0856. The number of hydrogen-bond donors (Lipinski definition) is 1. The number of pyridine rings is 1. The van der Waals surface area contributed by atoms with Gasteiger partial charge in [0.2, 0.25) is 5.95 Å². The highest BCUT2D eigenvalue weighted by atomic mass is 19.1. The Labute approximate surface area is 179 Å². The van der Waals surface area contributed by atoms with E-state index >= 15 is 0 Å². The molecule has 3 aromatic rings. The van der Waals surface area contributed by atoms with Crippen LogP contribution in [0.4, 0.5) is 10.3 Å². The summed E-state index contributed by atoms with van der Waals surface area (Å²) in [5, 5.41) is 3.35. The van der Waals surface area contributed by atoms with Crippen LogP contribution in [0.1, 0.15) is 21.7 Å². The van der Waals surface area contributed by atoms with Crippen LogP contribution in [-0.2, 0) is 0 Å². The summed E-state index contributed by atoms with van der Waals surface area (Å²) in [7, 11) is 0. The Morgan fingerprint density at radius 2 is 1.94 bits per heavy atom. The number of anilines is 1. The molecule has 1 saturated heterocycles. The third kappa shape index (κ3) is 3.61. The monoisotopic (exact) mass is 415 g/mol. The zero-order valence-electron chi connectivity index (χ0n) is 17.3. The number of hydrogen-bond acceptors (Lipinski definition) is 6. The average molecular weight is 415 g/mol. The second-order valence-electron chi connectivity index (χ2n) is 8.04. The molecule has 156 valence electrons. The second-order valence-corrected chi connectivity index (χ2v) is 8.04. The smallest absolute Gasteiger partial charge is 0.229 e. The van der Waals surface area contributed by atoms with Crippen molar-refractivity contribution in [2.75, 3.05) is 18.0 Å². The molecule has 4 heterocycles. The maximum absolute atomic E-state index is 14.0. The van der Waals surface area contributed by atoms with E-state index in [0.717, 1.165) is 23.5 Å². The van der Waals surface area contributed by atoms with Crippen molar-refractivity contribution in [1.82, 2.24) is 20.3 Å². The molecule has 1 aromatic carbocycles. The number of carbonyl (C=O) groups excluding carboxylic acids is 1. The first-order chi connectivity index (χ1) is 15.0. The zero-order chi connectivity index (χ0) is 21.5. The van der Waals surface area contributed by atoms with E-state index in [-0.39, 0.29) is 11.7 Å². The lowest BCUT2D eigenvalue weighted by Crippen LogP contribution is -2.33. The Morgan fingerprint density at radius 1 is 1.13 bits per heavy atom. The van der Waals surface area contributed by atoms with Crippen LogP contribution in [0.25, 0.3) is 11.3 Å². The SMILES string of the molecule is Cc1cc(C)nc(N2C=C3C(CNC3C(=O)c3ccc(F)cc3-c3ccccn3)C2)n1. The van der Waals surface area contributed by atoms with Gasteiger partial charge in [-0.1, -0.05) is 6.07 Å². The first kappa shape index (κ1) is 19.5. The molecule has 6 nitrogen and oxygen atoms in total. The standard InChI is InChI=1S/C24H22FN5O/c1-14-9-15(2)29-24(28-14)30-12-16-11-27-22(20(16)13-30)23(31)18-7-6-17(25)10-19(18)21-5-3-4-8-26-21/h3-10,13,16,22,27H,11-12H2,1-2H3. The van der Waals surface area contributed by atoms with Gasteiger partial charge < -0.3 is 10.2 Å². The number of nitrogens with zero attached hydrogens (tertiary/aromatic N) is 4. The molecule has 0 saturated carbocycles. The van der Waals surface area contributed by atoms with E-state index in [2.05, 4.69) is 20.3 Å². The molecule has 0 radical (unpaired) electrons. The van der Waals surface area contributed by atoms with Crippen LogP contribution < -0.4 is 10.2 Å². The lowest BCUT2D eigenvalue weighted by Gasteiger charge is -2.17. The molecule has 2 aromatic heterocycles. The predicted octanol–water partition coefficient (Wildman–Crippen LogP) is 3.47. The number of halogens is 1. The Kier molecular flexibility index (Phi) is 4.82. The highest BCUT2D eigenvalue weighted by molar-refractivity contribution is 6.07. The van der Waals surface area contributed by atoms with Gasteiger partial charge in [0, 0.05) is 53.9 Å². The van der Waals surface area contributed by atoms with Gasteiger partial charge in [0.1, 0.15) is 5.82 Å². The molecule has 2 atom stereocenters. The Balaban J connectivity index is 1.49. The molecule has 0 spiro atoms. The van der Waals surface area contributed by atoms with Crippen molar-refractivity contribution in [3.05, 3.63) is 83.2 Å². The molecular formula is C24H22FN5O. The summed E-state index contributed by atoms with van der Waals surface area (Å²) in [5.41, 5.74) is 4.38. The van der Waals surface area contributed by atoms with Crippen molar-refractivity contribution in [1.29, 1.82) is 0 Å². The van der Waals surface area contributed by atoms with Gasteiger partial charge in [-0.15, -0.1) is 0 Å². The van der Waals surface area contributed by atoms with Gasteiger partial charge in [-0.2, -0.15) is 0 Å². The quantitative estimate of drug-likeness (QED) is 0.658. The van der Waals surface area contributed by atoms with E-state index in [1.165, 1.54) is 12.1 Å². The fourth-order valence-electron chi connectivity index (χ4n) is 4.39. The highest BCUT2D eigenvalue weighted by Crippen LogP contribution is 2.34. The summed E-state index contributed by atoms with van der Waals surface area (Å²) in [4.78, 5) is 29.0. The van der Waals surface area contributed by atoms with Crippen LogP contribution >= 0.6 is 0 Å². The van der Waals surface area contributed by atoms with Crippen molar-refractivity contribution >= 4 is 11.7 Å². The van der Waals surface area contributed by atoms with Gasteiger partial charge in [-0.3, -0.25) is 9.78 Å². The average Bonchev–Trinajstić information content (AvgIpc) is 3.34. The highest BCUT2D eigenvalue weighted by Gasteiger charge is 2.40. The third-order valence-electron chi connectivity index (χ3n) is 5.77. The number of ketones is 1. The van der Waals surface area contributed by atoms with E-state index in [1.807, 2.05) is 37.1 Å². The van der Waals surface area contributed by atoms with Crippen LogP contribution in [0, 0.1) is 25.6 Å². The number of fused-ring (bicyclic) bond motifs is 1. The van der Waals surface area contributed by atoms with Crippen molar-refractivity contribution < 1.29 is 9.18 Å². The molecular weight excluding hydrogens is 393 g/mol. The largest absolute Gasteiger partial charge is 0.316 e. The molecule has 0 bridgehead atoms. The predicted molar refractivity (Wildman–Crippen MR) is 116 cm³/mol. The molecule has 5 rings (SSSR count). The van der Waals surface area contributed by atoms with Crippen molar-refractivity contribution in [3.8, 4) is 11.3 Å². The van der Waals surface area contributed by atoms with Crippen LogP contribution in [0.3, 0.4) is 0 Å². The van der Waals surface area contributed by atoms with Gasteiger partial charge in [0.05, 0.1) is 11.7 Å². The summed E-state index contributed by atoms with van der Waals surface area (Å²) >= 11 is 0. The van der Waals surface area contributed by atoms with E-state index in [4.69, 9.17) is 0 Å². The number of carbonyl (C=O) groups is 1. The lowest BCUT2D eigenvalue weighted by atomic mass is 9.92. The molecule has 1 N–H and O–H groups in total.